The Balaban J connectivity index is 2.56. The van der Waals surface area contributed by atoms with Gasteiger partial charge in [0.15, 0.2) is 0 Å². The van der Waals surface area contributed by atoms with Gasteiger partial charge in [0.05, 0.1) is 21.5 Å². The van der Waals surface area contributed by atoms with Crippen molar-refractivity contribution in [1.29, 1.82) is 0 Å². The maximum Gasteiger partial charge on any atom is 0.461 e. The number of non-ortho nitro benzene ring substituents is 1. The van der Waals surface area contributed by atoms with Crippen molar-refractivity contribution in [3.8, 4) is 5.75 Å². The van der Waals surface area contributed by atoms with E-state index in [1.54, 1.807) is 0 Å². The number of ether oxygens (including phenoxy) is 1. The molecule has 0 aliphatic carbocycles. The molecule has 0 aliphatic heterocycles. The van der Waals surface area contributed by atoms with Crippen LogP contribution in [-0.2, 0) is 6.18 Å². The number of halogens is 7. The summed E-state index contributed by atoms with van der Waals surface area (Å²) in [5.41, 5.74) is -6.04. The molecule has 15 heteroatoms. The maximum atomic E-state index is 13.3. The first-order valence-electron chi connectivity index (χ1n) is 7.48. The Kier molecular flexibility index (Phi) is 6.04. The minimum atomic E-state index is -5.28. The zero-order chi connectivity index (χ0) is 22.9. The molecule has 2 aromatic rings. The van der Waals surface area contributed by atoms with Crippen LogP contribution in [0, 0.1) is 20.2 Å². The van der Waals surface area contributed by atoms with E-state index in [9.17, 15) is 51.0 Å². The molecule has 8 nitrogen and oxygen atoms in total. The molecule has 0 bridgehead atoms. The summed E-state index contributed by atoms with van der Waals surface area (Å²) in [6.07, 6.45) is -14.4. The van der Waals surface area contributed by atoms with Gasteiger partial charge in [0, 0.05) is 17.8 Å². The third-order valence-electron chi connectivity index (χ3n) is 3.43. The van der Waals surface area contributed by atoms with Crippen LogP contribution in [0.3, 0.4) is 0 Å². The van der Waals surface area contributed by atoms with E-state index in [1.165, 1.54) is 0 Å². The first kappa shape index (κ1) is 22.6. The topological polar surface area (TPSA) is 108 Å². The second-order valence-electron chi connectivity index (χ2n) is 5.52. The van der Waals surface area contributed by atoms with Crippen molar-refractivity contribution in [3.63, 3.8) is 0 Å². The molecule has 0 aliphatic rings. The van der Waals surface area contributed by atoms with Gasteiger partial charge in [-0.3, -0.25) is 20.2 Å². The molecular formula is C15H8F7N3O5. The molecule has 0 saturated heterocycles. The highest BCUT2D eigenvalue weighted by atomic mass is 19.4. The Bertz CT molecular complexity index is 982. The zero-order valence-electron chi connectivity index (χ0n) is 14.1. The Labute approximate surface area is 161 Å². The number of nitro groups is 2. The van der Waals surface area contributed by atoms with Crippen LogP contribution in [0.5, 0.6) is 5.75 Å². The van der Waals surface area contributed by atoms with Crippen LogP contribution >= 0.6 is 0 Å². The Morgan fingerprint density at radius 2 is 1.60 bits per heavy atom. The van der Waals surface area contributed by atoms with E-state index in [0.29, 0.717) is 6.07 Å². The third kappa shape index (κ3) is 5.03. The summed E-state index contributed by atoms with van der Waals surface area (Å²) in [5, 5.41) is 23.9. The number of hydrogen-bond acceptors (Lipinski definition) is 6. The van der Waals surface area contributed by atoms with Crippen molar-refractivity contribution in [3.05, 3.63) is 62.2 Å². The minimum absolute atomic E-state index is 0.0423. The average Bonchev–Trinajstić information content (AvgIpc) is 2.60. The third-order valence-corrected chi connectivity index (χ3v) is 3.43. The van der Waals surface area contributed by atoms with Crippen molar-refractivity contribution in [1.82, 2.24) is 0 Å². The molecule has 2 aromatic carbocycles. The van der Waals surface area contributed by atoms with Gasteiger partial charge in [0.2, 0.25) is 0 Å². The molecule has 162 valence electrons. The second kappa shape index (κ2) is 8.00. The van der Waals surface area contributed by atoms with Crippen LogP contribution in [0.2, 0.25) is 0 Å². The van der Waals surface area contributed by atoms with Gasteiger partial charge in [0.25, 0.3) is 11.4 Å². The van der Waals surface area contributed by atoms with E-state index in [0.717, 1.165) is 18.2 Å². The van der Waals surface area contributed by atoms with Gasteiger partial charge in [-0.05, 0) is 12.1 Å². The SMILES string of the molecule is O=[N+]([O-])c1cc([N+](=O)[O-])c(Nc2cccc(OC(F)(F)C(F)F)c2)c(C(F)(F)F)c1. The van der Waals surface area contributed by atoms with Gasteiger partial charge in [-0.1, -0.05) is 6.07 Å². The largest absolute Gasteiger partial charge is 0.461 e. The van der Waals surface area contributed by atoms with Crippen molar-refractivity contribution >= 4 is 22.7 Å². The molecule has 0 heterocycles. The lowest BCUT2D eigenvalue weighted by Gasteiger charge is -2.18. The van der Waals surface area contributed by atoms with Crippen LogP contribution in [0.25, 0.3) is 0 Å². The van der Waals surface area contributed by atoms with Crippen molar-refractivity contribution in [2.45, 2.75) is 18.7 Å². The smallest absolute Gasteiger partial charge is 0.428 e. The monoisotopic (exact) mass is 443 g/mol. The summed E-state index contributed by atoms with van der Waals surface area (Å²) in [7, 11) is 0. The van der Waals surface area contributed by atoms with Crippen LogP contribution in [-0.4, -0.2) is 22.4 Å². The highest BCUT2D eigenvalue weighted by molar-refractivity contribution is 5.76. The summed E-state index contributed by atoms with van der Waals surface area (Å²) < 4.78 is 94.3. The first-order chi connectivity index (χ1) is 13.7. The molecule has 0 spiro atoms. The number of nitrogens with one attached hydrogen (secondary N) is 1. The van der Waals surface area contributed by atoms with E-state index >= 15 is 0 Å². The van der Waals surface area contributed by atoms with Gasteiger partial charge < -0.3 is 10.1 Å². The van der Waals surface area contributed by atoms with Gasteiger partial charge in [-0.15, -0.1) is 0 Å². The van der Waals surface area contributed by atoms with Crippen molar-refractivity contribution < 1.29 is 45.3 Å². The van der Waals surface area contributed by atoms with E-state index in [2.05, 4.69) is 4.74 Å². The summed E-state index contributed by atoms with van der Waals surface area (Å²) in [6, 6.07) is 3.59. The maximum absolute atomic E-state index is 13.3. The lowest BCUT2D eigenvalue weighted by atomic mass is 10.1. The van der Waals surface area contributed by atoms with Gasteiger partial charge in [-0.2, -0.15) is 30.7 Å². The van der Waals surface area contributed by atoms with Crippen molar-refractivity contribution in [2.24, 2.45) is 0 Å². The highest BCUT2D eigenvalue weighted by Crippen LogP contribution is 2.44. The number of alkyl halides is 7. The number of nitrogens with zero attached hydrogens (tertiary/aromatic N) is 2. The molecule has 2 rings (SSSR count). The fourth-order valence-corrected chi connectivity index (χ4v) is 2.20. The lowest BCUT2D eigenvalue weighted by molar-refractivity contribution is -0.394. The number of benzene rings is 2. The van der Waals surface area contributed by atoms with Gasteiger partial charge in [0.1, 0.15) is 11.4 Å². The Hall–Kier alpha value is -3.65. The van der Waals surface area contributed by atoms with Gasteiger partial charge >= 0.3 is 18.7 Å². The quantitative estimate of drug-likeness (QED) is 0.344. The second-order valence-corrected chi connectivity index (χ2v) is 5.52. The molecule has 0 fully saturated rings. The molecule has 0 aromatic heterocycles. The normalized spacial score (nSPS) is 12.0. The number of anilines is 2. The molecule has 0 atom stereocenters. The van der Waals surface area contributed by atoms with E-state index in [-0.39, 0.29) is 12.1 Å². The summed E-state index contributed by atoms with van der Waals surface area (Å²) in [4.78, 5) is 19.4. The first-order valence-corrected chi connectivity index (χ1v) is 7.48. The summed E-state index contributed by atoms with van der Waals surface area (Å²) in [6.45, 7) is 0. The molecule has 0 unspecified atom stereocenters. The van der Waals surface area contributed by atoms with Crippen LogP contribution < -0.4 is 10.1 Å². The molecule has 0 radical (unpaired) electrons. The lowest BCUT2D eigenvalue weighted by Crippen LogP contribution is -2.33. The van der Waals surface area contributed by atoms with Gasteiger partial charge in [-0.25, -0.2) is 0 Å². The van der Waals surface area contributed by atoms with Crippen LogP contribution in [0.15, 0.2) is 36.4 Å². The fourth-order valence-electron chi connectivity index (χ4n) is 2.20. The summed E-state index contributed by atoms with van der Waals surface area (Å²) >= 11 is 0. The van der Waals surface area contributed by atoms with Crippen molar-refractivity contribution in [2.75, 3.05) is 5.32 Å². The molecule has 0 amide bonds. The number of nitro benzene ring substituents is 2. The van der Waals surface area contributed by atoms with E-state index in [4.69, 9.17) is 0 Å². The number of hydrogen-bond donors (Lipinski definition) is 1. The zero-order valence-corrected chi connectivity index (χ0v) is 14.1. The predicted octanol–water partition coefficient (Wildman–Crippen LogP) is 5.50. The van der Waals surface area contributed by atoms with Crippen LogP contribution in [0.1, 0.15) is 5.56 Å². The molecule has 1 N–H and O–H groups in total. The molecule has 30 heavy (non-hydrogen) atoms. The highest BCUT2D eigenvalue weighted by Gasteiger charge is 2.44. The molecular weight excluding hydrogens is 435 g/mol. The van der Waals surface area contributed by atoms with E-state index in [1.807, 2.05) is 5.32 Å². The fraction of sp³-hybridized carbons (Fsp3) is 0.200. The minimum Gasteiger partial charge on any atom is -0.428 e. The average molecular weight is 443 g/mol. The molecule has 0 saturated carbocycles. The van der Waals surface area contributed by atoms with Crippen LogP contribution in [0.4, 0.5) is 53.5 Å². The summed E-state index contributed by atoms with van der Waals surface area (Å²) in [5.74, 6) is -0.886. The standard InChI is InChI=1S/C15H8F7N3O5/c16-13(17)15(21,22)30-9-3-1-2-7(4-9)23-12-10(14(18,19)20)5-8(24(26)27)6-11(12)25(28)29/h1-6,13,23H. The van der Waals surface area contributed by atoms with E-state index < -0.39 is 62.6 Å². The Morgan fingerprint density at radius 3 is 2.10 bits per heavy atom. The predicted molar refractivity (Wildman–Crippen MR) is 86.1 cm³/mol. The Morgan fingerprint density at radius 1 is 0.967 bits per heavy atom. The number of rotatable bonds is 7.